The maximum Gasteiger partial charge on any atom is 0.416 e. The third-order valence-corrected chi connectivity index (χ3v) is 4.03. The van der Waals surface area contributed by atoms with Gasteiger partial charge in [0.1, 0.15) is 5.69 Å². The van der Waals surface area contributed by atoms with Crippen LogP contribution in [0.15, 0.2) is 60.8 Å². The highest BCUT2D eigenvalue weighted by Gasteiger charge is 2.30. The molecule has 0 radical (unpaired) electrons. The predicted octanol–water partition coefficient (Wildman–Crippen LogP) is 4.48. The minimum atomic E-state index is -4.45. The standard InChI is InChI=1S/C20H17F3N4O/c1-13-5-2-3-6-14(13)12-25-18(28)17-9-10-24-19(27-17)26-16-8-4-7-15(11-16)20(21,22)23/h2-11H,12H2,1H3,(H,25,28)(H,24,26,27). The summed E-state index contributed by atoms with van der Waals surface area (Å²) >= 11 is 0. The maximum absolute atomic E-state index is 12.8. The van der Waals surface area contributed by atoms with Crippen LogP contribution >= 0.6 is 0 Å². The molecule has 0 fully saturated rings. The molecule has 2 aromatic carbocycles. The van der Waals surface area contributed by atoms with Gasteiger partial charge in [-0.3, -0.25) is 4.79 Å². The molecule has 1 amide bonds. The fraction of sp³-hybridized carbons (Fsp3) is 0.150. The molecule has 3 rings (SSSR count). The molecule has 28 heavy (non-hydrogen) atoms. The van der Waals surface area contributed by atoms with Crippen LogP contribution in [-0.4, -0.2) is 15.9 Å². The van der Waals surface area contributed by atoms with E-state index >= 15 is 0 Å². The lowest BCUT2D eigenvalue weighted by atomic mass is 10.1. The van der Waals surface area contributed by atoms with Crippen LogP contribution in [0.5, 0.6) is 0 Å². The summed E-state index contributed by atoms with van der Waals surface area (Å²) in [6.45, 7) is 2.29. The van der Waals surface area contributed by atoms with Gasteiger partial charge in [0.25, 0.3) is 5.91 Å². The van der Waals surface area contributed by atoms with Crippen LogP contribution < -0.4 is 10.6 Å². The van der Waals surface area contributed by atoms with Crippen LogP contribution in [0.4, 0.5) is 24.8 Å². The molecular weight excluding hydrogens is 369 g/mol. The molecule has 0 aliphatic carbocycles. The van der Waals surface area contributed by atoms with Gasteiger partial charge in [0.05, 0.1) is 5.56 Å². The average molecular weight is 386 g/mol. The lowest BCUT2D eigenvalue weighted by molar-refractivity contribution is -0.137. The lowest BCUT2D eigenvalue weighted by Crippen LogP contribution is -2.24. The summed E-state index contributed by atoms with van der Waals surface area (Å²) in [6, 6.07) is 13.8. The molecule has 0 bridgehead atoms. The topological polar surface area (TPSA) is 66.9 Å². The molecule has 0 unspecified atom stereocenters. The maximum atomic E-state index is 12.8. The number of carbonyl (C=O) groups excluding carboxylic acids is 1. The van der Waals surface area contributed by atoms with Crippen LogP contribution in [0.25, 0.3) is 0 Å². The summed E-state index contributed by atoms with van der Waals surface area (Å²) in [5.74, 6) is -0.374. The van der Waals surface area contributed by atoms with E-state index in [1.165, 1.54) is 24.4 Å². The number of halogens is 3. The molecule has 0 atom stereocenters. The number of hydrogen-bond donors (Lipinski definition) is 2. The van der Waals surface area contributed by atoms with E-state index in [1.807, 2.05) is 31.2 Å². The van der Waals surface area contributed by atoms with Crippen LogP contribution in [-0.2, 0) is 12.7 Å². The van der Waals surface area contributed by atoms with Gasteiger partial charge in [-0.1, -0.05) is 30.3 Å². The summed E-state index contributed by atoms with van der Waals surface area (Å²) in [5.41, 5.74) is 1.53. The number of nitrogens with zero attached hydrogens (tertiary/aromatic N) is 2. The molecule has 0 aliphatic heterocycles. The number of anilines is 2. The van der Waals surface area contributed by atoms with Gasteiger partial charge < -0.3 is 10.6 Å². The van der Waals surface area contributed by atoms with Gasteiger partial charge >= 0.3 is 6.18 Å². The van der Waals surface area contributed by atoms with Crippen molar-refractivity contribution in [3.63, 3.8) is 0 Å². The molecule has 1 heterocycles. The van der Waals surface area contributed by atoms with Crippen molar-refractivity contribution in [2.45, 2.75) is 19.6 Å². The van der Waals surface area contributed by atoms with E-state index in [1.54, 1.807) is 0 Å². The molecule has 0 saturated carbocycles. The zero-order chi connectivity index (χ0) is 20.1. The smallest absolute Gasteiger partial charge is 0.347 e. The lowest BCUT2D eigenvalue weighted by Gasteiger charge is -2.10. The van der Waals surface area contributed by atoms with E-state index in [0.29, 0.717) is 6.54 Å². The van der Waals surface area contributed by atoms with Crippen molar-refractivity contribution in [3.8, 4) is 0 Å². The van der Waals surface area contributed by atoms with E-state index < -0.39 is 17.6 Å². The fourth-order valence-corrected chi connectivity index (χ4v) is 2.52. The Bertz CT molecular complexity index is 989. The monoisotopic (exact) mass is 386 g/mol. The van der Waals surface area contributed by atoms with Gasteiger partial charge in [0, 0.05) is 18.4 Å². The molecule has 8 heteroatoms. The second-order valence-electron chi connectivity index (χ2n) is 6.08. The van der Waals surface area contributed by atoms with E-state index in [-0.39, 0.29) is 17.3 Å². The number of benzene rings is 2. The summed E-state index contributed by atoms with van der Waals surface area (Å²) in [5, 5.41) is 5.46. The fourth-order valence-electron chi connectivity index (χ4n) is 2.52. The first-order valence-electron chi connectivity index (χ1n) is 8.43. The Kier molecular flexibility index (Phi) is 5.58. The highest BCUT2D eigenvalue weighted by atomic mass is 19.4. The highest BCUT2D eigenvalue weighted by molar-refractivity contribution is 5.92. The van der Waals surface area contributed by atoms with Crippen LogP contribution in [0, 0.1) is 6.92 Å². The predicted molar refractivity (Wildman–Crippen MR) is 99.1 cm³/mol. The number of nitrogens with one attached hydrogen (secondary N) is 2. The Labute approximate surface area is 159 Å². The zero-order valence-electron chi connectivity index (χ0n) is 14.9. The van der Waals surface area contributed by atoms with Crippen molar-refractivity contribution in [2.75, 3.05) is 5.32 Å². The quantitative estimate of drug-likeness (QED) is 0.679. The van der Waals surface area contributed by atoms with Crippen LogP contribution in [0.1, 0.15) is 27.2 Å². The van der Waals surface area contributed by atoms with Gasteiger partial charge in [0.15, 0.2) is 0 Å². The molecule has 144 valence electrons. The molecule has 5 nitrogen and oxygen atoms in total. The van der Waals surface area contributed by atoms with Crippen molar-refractivity contribution >= 4 is 17.5 Å². The van der Waals surface area contributed by atoms with Crippen molar-refractivity contribution in [1.29, 1.82) is 0 Å². The van der Waals surface area contributed by atoms with E-state index in [9.17, 15) is 18.0 Å². The molecule has 0 spiro atoms. The van der Waals surface area contributed by atoms with Crippen molar-refractivity contribution in [1.82, 2.24) is 15.3 Å². The second kappa shape index (κ2) is 8.08. The van der Waals surface area contributed by atoms with Crippen molar-refractivity contribution in [3.05, 3.63) is 83.2 Å². The Morgan fingerprint density at radius 3 is 2.61 bits per heavy atom. The summed E-state index contributed by atoms with van der Waals surface area (Å²) in [6.07, 6.45) is -3.08. The number of rotatable bonds is 5. The molecule has 0 saturated heterocycles. The molecule has 1 aromatic heterocycles. The molecule has 2 N–H and O–H groups in total. The van der Waals surface area contributed by atoms with Gasteiger partial charge in [-0.05, 0) is 42.3 Å². The van der Waals surface area contributed by atoms with Gasteiger partial charge in [0.2, 0.25) is 5.95 Å². The highest BCUT2D eigenvalue weighted by Crippen LogP contribution is 2.31. The first-order valence-corrected chi connectivity index (χ1v) is 8.43. The number of aryl methyl sites for hydroxylation is 1. The van der Waals surface area contributed by atoms with E-state index in [2.05, 4.69) is 20.6 Å². The third kappa shape index (κ3) is 4.85. The first kappa shape index (κ1) is 19.3. The second-order valence-corrected chi connectivity index (χ2v) is 6.08. The average Bonchev–Trinajstić information content (AvgIpc) is 2.67. The number of hydrogen-bond acceptors (Lipinski definition) is 4. The minimum Gasteiger partial charge on any atom is -0.347 e. The molecule has 0 aliphatic rings. The largest absolute Gasteiger partial charge is 0.416 e. The van der Waals surface area contributed by atoms with E-state index in [4.69, 9.17) is 0 Å². The Morgan fingerprint density at radius 2 is 1.86 bits per heavy atom. The number of carbonyl (C=O) groups is 1. The Morgan fingerprint density at radius 1 is 1.07 bits per heavy atom. The molecule has 3 aromatic rings. The van der Waals surface area contributed by atoms with Gasteiger partial charge in [-0.2, -0.15) is 13.2 Å². The third-order valence-electron chi connectivity index (χ3n) is 4.03. The Hall–Kier alpha value is -3.42. The number of amides is 1. The summed E-state index contributed by atoms with van der Waals surface area (Å²) < 4.78 is 38.5. The number of aromatic nitrogens is 2. The normalized spacial score (nSPS) is 11.1. The summed E-state index contributed by atoms with van der Waals surface area (Å²) in [7, 11) is 0. The van der Waals surface area contributed by atoms with Crippen LogP contribution in [0.3, 0.4) is 0 Å². The summed E-state index contributed by atoms with van der Waals surface area (Å²) in [4.78, 5) is 20.4. The zero-order valence-corrected chi connectivity index (χ0v) is 14.9. The Balaban J connectivity index is 1.70. The SMILES string of the molecule is Cc1ccccc1CNC(=O)c1ccnc(Nc2cccc(C(F)(F)F)c2)n1. The van der Waals surface area contributed by atoms with E-state index in [0.717, 1.165) is 23.3 Å². The van der Waals surface area contributed by atoms with Crippen molar-refractivity contribution in [2.24, 2.45) is 0 Å². The van der Waals surface area contributed by atoms with Crippen LogP contribution in [0.2, 0.25) is 0 Å². The number of alkyl halides is 3. The molecular formula is C20H17F3N4O. The van der Waals surface area contributed by atoms with Gasteiger partial charge in [-0.25, -0.2) is 9.97 Å². The van der Waals surface area contributed by atoms with Crippen molar-refractivity contribution < 1.29 is 18.0 Å². The minimum absolute atomic E-state index is 0.0304. The first-order chi connectivity index (χ1) is 13.3. The van der Waals surface area contributed by atoms with Gasteiger partial charge in [-0.15, -0.1) is 0 Å².